The SMILES string of the molecule is CC1=C(C(=O)NCCCC2CCN(C(=O)CCc3nc(N)n[nH]3)CC2)C(C)(C)CCC1. The molecule has 1 fully saturated rings. The maximum atomic E-state index is 12.7. The molecule has 2 aliphatic rings. The molecule has 1 saturated heterocycles. The summed E-state index contributed by atoms with van der Waals surface area (Å²) in [5, 5.41) is 9.69. The van der Waals surface area contributed by atoms with E-state index in [1.54, 1.807) is 0 Å². The molecule has 1 aromatic rings. The predicted octanol–water partition coefficient (Wildman–Crippen LogP) is 2.98. The van der Waals surface area contributed by atoms with E-state index in [2.05, 4.69) is 41.3 Å². The summed E-state index contributed by atoms with van der Waals surface area (Å²) in [6.45, 7) is 8.82. The van der Waals surface area contributed by atoms with Crippen molar-refractivity contribution in [3.8, 4) is 0 Å². The van der Waals surface area contributed by atoms with Gasteiger partial charge in [0.25, 0.3) is 0 Å². The minimum Gasteiger partial charge on any atom is -0.367 e. The summed E-state index contributed by atoms with van der Waals surface area (Å²) < 4.78 is 0. The second-order valence-electron chi connectivity index (χ2n) is 9.76. The molecule has 0 radical (unpaired) electrons. The Morgan fingerprint density at radius 3 is 2.68 bits per heavy atom. The number of piperidine rings is 1. The van der Waals surface area contributed by atoms with Gasteiger partial charge in [-0.1, -0.05) is 19.4 Å². The fraction of sp³-hybridized carbons (Fsp3) is 0.739. The molecule has 1 aliphatic heterocycles. The number of anilines is 1. The van der Waals surface area contributed by atoms with Crippen LogP contribution in [0.1, 0.15) is 78.0 Å². The fourth-order valence-corrected chi connectivity index (χ4v) is 5.08. The predicted molar refractivity (Wildman–Crippen MR) is 121 cm³/mol. The highest BCUT2D eigenvalue weighted by Crippen LogP contribution is 2.40. The van der Waals surface area contributed by atoms with Crippen molar-refractivity contribution in [3.05, 3.63) is 17.0 Å². The highest BCUT2D eigenvalue weighted by Gasteiger charge is 2.32. The number of aromatic amines is 1. The van der Waals surface area contributed by atoms with Crippen LogP contribution in [0.25, 0.3) is 0 Å². The van der Waals surface area contributed by atoms with E-state index in [-0.39, 0.29) is 23.2 Å². The molecule has 2 amide bonds. The molecule has 172 valence electrons. The van der Waals surface area contributed by atoms with Crippen molar-refractivity contribution in [2.45, 2.75) is 78.6 Å². The number of aryl methyl sites for hydroxylation is 1. The number of rotatable bonds is 8. The minimum atomic E-state index is -0.0220. The van der Waals surface area contributed by atoms with Gasteiger partial charge in [-0.25, -0.2) is 0 Å². The Morgan fingerprint density at radius 1 is 1.29 bits per heavy atom. The number of H-pyrrole nitrogens is 1. The number of nitrogens with one attached hydrogen (secondary N) is 2. The van der Waals surface area contributed by atoms with Crippen LogP contribution in [0.3, 0.4) is 0 Å². The minimum absolute atomic E-state index is 0.0220. The van der Waals surface area contributed by atoms with Crippen molar-refractivity contribution in [3.63, 3.8) is 0 Å². The van der Waals surface area contributed by atoms with Crippen molar-refractivity contribution in [1.29, 1.82) is 0 Å². The van der Waals surface area contributed by atoms with Crippen LogP contribution in [0.5, 0.6) is 0 Å². The number of amides is 2. The molecule has 2 heterocycles. The van der Waals surface area contributed by atoms with E-state index in [1.807, 2.05) is 4.90 Å². The quantitative estimate of drug-likeness (QED) is 0.548. The number of hydrogen-bond donors (Lipinski definition) is 3. The van der Waals surface area contributed by atoms with Gasteiger partial charge in [0, 0.05) is 38.0 Å². The summed E-state index contributed by atoms with van der Waals surface area (Å²) in [4.78, 5) is 31.2. The van der Waals surface area contributed by atoms with E-state index in [1.165, 1.54) is 12.0 Å². The van der Waals surface area contributed by atoms with Crippen LogP contribution in [0, 0.1) is 11.3 Å². The molecule has 0 aromatic carbocycles. The smallest absolute Gasteiger partial charge is 0.247 e. The Balaban J connectivity index is 1.32. The number of nitrogens with two attached hydrogens (primary N) is 1. The Bertz CT molecular complexity index is 805. The van der Waals surface area contributed by atoms with Gasteiger partial charge in [-0.3, -0.25) is 14.7 Å². The van der Waals surface area contributed by atoms with Crippen molar-refractivity contribution >= 4 is 17.8 Å². The molecular weight excluding hydrogens is 392 g/mol. The summed E-state index contributed by atoms with van der Waals surface area (Å²) in [7, 11) is 0. The topological polar surface area (TPSA) is 117 Å². The van der Waals surface area contributed by atoms with Crippen molar-refractivity contribution in [1.82, 2.24) is 25.4 Å². The molecule has 3 rings (SSSR count). The summed E-state index contributed by atoms with van der Waals surface area (Å²) in [5.74, 6) is 1.79. The van der Waals surface area contributed by atoms with Gasteiger partial charge in [-0.05, 0) is 63.2 Å². The van der Waals surface area contributed by atoms with Crippen molar-refractivity contribution in [2.24, 2.45) is 11.3 Å². The first-order chi connectivity index (χ1) is 14.8. The number of aromatic nitrogens is 3. The molecule has 1 aromatic heterocycles. The van der Waals surface area contributed by atoms with Crippen LogP contribution in [-0.2, 0) is 16.0 Å². The molecule has 0 unspecified atom stereocenters. The first-order valence-corrected chi connectivity index (χ1v) is 11.7. The maximum Gasteiger partial charge on any atom is 0.247 e. The zero-order valence-electron chi connectivity index (χ0n) is 19.3. The number of likely N-dealkylation sites (tertiary alicyclic amines) is 1. The van der Waals surface area contributed by atoms with Gasteiger partial charge in [0.05, 0.1) is 0 Å². The van der Waals surface area contributed by atoms with Crippen LogP contribution in [0.15, 0.2) is 11.1 Å². The molecule has 31 heavy (non-hydrogen) atoms. The molecule has 8 nitrogen and oxygen atoms in total. The highest BCUT2D eigenvalue weighted by atomic mass is 16.2. The maximum absolute atomic E-state index is 12.7. The van der Waals surface area contributed by atoms with Crippen molar-refractivity contribution < 1.29 is 9.59 Å². The van der Waals surface area contributed by atoms with Gasteiger partial charge in [0.15, 0.2) is 0 Å². The summed E-state index contributed by atoms with van der Waals surface area (Å²) in [6.07, 6.45) is 8.41. The van der Waals surface area contributed by atoms with E-state index in [0.29, 0.717) is 24.6 Å². The number of allylic oxidation sites excluding steroid dienone is 1. The average Bonchev–Trinajstić information content (AvgIpc) is 3.14. The molecule has 4 N–H and O–H groups in total. The molecule has 1 aliphatic carbocycles. The second kappa shape index (κ2) is 10.3. The number of carbonyl (C=O) groups excluding carboxylic acids is 2. The van der Waals surface area contributed by atoms with Crippen LogP contribution in [0.2, 0.25) is 0 Å². The van der Waals surface area contributed by atoms with Crippen LogP contribution in [-0.4, -0.2) is 51.5 Å². The summed E-state index contributed by atoms with van der Waals surface area (Å²) >= 11 is 0. The Hall–Kier alpha value is -2.38. The van der Waals surface area contributed by atoms with E-state index in [0.717, 1.165) is 63.7 Å². The summed E-state index contributed by atoms with van der Waals surface area (Å²) in [5.41, 5.74) is 7.72. The summed E-state index contributed by atoms with van der Waals surface area (Å²) in [6, 6.07) is 0. The van der Waals surface area contributed by atoms with Gasteiger partial charge >= 0.3 is 0 Å². The lowest BCUT2D eigenvalue weighted by Gasteiger charge is -2.33. The molecule has 8 heteroatoms. The number of carbonyl (C=O) groups is 2. The molecule has 0 bridgehead atoms. The third-order valence-corrected chi connectivity index (χ3v) is 6.85. The molecule has 0 atom stereocenters. The van der Waals surface area contributed by atoms with Crippen LogP contribution < -0.4 is 11.1 Å². The average molecular weight is 431 g/mol. The monoisotopic (exact) mass is 430 g/mol. The Morgan fingerprint density at radius 2 is 2.03 bits per heavy atom. The lowest BCUT2D eigenvalue weighted by Crippen LogP contribution is -2.39. The molecule has 0 spiro atoms. The van der Waals surface area contributed by atoms with E-state index >= 15 is 0 Å². The van der Waals surface area contributed by atoms with Crippen molar-refractivity contribution in [2.75, 3.05) is 25.4 Å². The van der Waals surface area contributed by atoms with Gasteiger partial charge in [-0.2, -0.15) is 4.98 Å². The zero-order chi connectivity index (χ0) is 22.4. The third kappa shape index (κ3) is 6.31. The molecular formula is C23H38N6O2. The van der Waals surface area contributed by atoms with Crippen LogP contribution in [0.4, 0.5) is 5.95 Å². The van der Waals surface area contributed by atoms with Gasteiger partial charge in [-0.15, -0.1) is 5.10 Å². The Labute approximate surface area is 185 Å². The largest absolute Gasteiger partial charge is 0.367 e. The normalized spacial score (nSPS) is 19.5. The molecule has 0 saturated carbocycles. The van der Waals surface area contributed by atoms with E-state index < -0.39 is 0 Å². The van der Waals surface area contributed by atoms with E-state index in [4.69, 9.17) is 5.73 Å². The lowest BCUT2D eigenvalue weighted by atomic mass is 9.72. The third-order valence-electron chi connectivity index (χ3n) is 6.85. The van der Waals surface area contributed by atoms with Crippen LogP contribution >= 0.6 is 0 Å². The lowest BCUT2D eigenvalue weighted by molar-refractivity contribution is -0.132. The Kier molecular flexibility index (Phi) is 7.73. The van der Waals surface area contributed by atoms with Gasteiger partial charge in [0.2, 0.25) is 17.8 Å². The van der Waals surface area contributed by atoms with E-state index in [9.17, 15) is 9.59 Å². The number of nitrogen functional groups attached to an aromatic ring is 1. The van der Waals surface area contributed by atoms with Gasteiger partial charge in [0.1, 0.15) is 5.82 Å². The van der Waals surface area contributed by atoms with Gasteiger partial charge < -0.3 is 16.0 Å². The number of nitrogens with zero attached hydrogens (tertiary/aromatic N) is 3. The first-order valence-electron chi connectivity index (χ1n) is 11.7. The highest BCUT2D eigenvalue weighted by molar-refractivity contribution is 5.95. The fourth-order valence-electron chi connectivity index (χ4n) is 5.08. The number of hydrogen-bond acceptors (Lipinski definition) is 5. The zero-order valence-corrected chi connectivity index (χ0v) is 19.3. The standard InChI is InChI=1S/C23H38N6O2/c1-16-6-4-12-23(2,3)20(16)21(31)25-13-5-7-17-10-14-29(15-11-17)19(30)9-8-18-26-22(24)28-27-18/h17H,4-15H2,1-3H3,(H,25,31)(H3,24,26,27,28). The second-order valence-corrected chi connectivity index (χ2v) is 9.76. The first kappa shape index (κ1) is 23.3.